The molecule has 1 saturated carbocycles. The Morgan fingerprint density at radius 1 is 1.21 bits per heavy atom. The van der Waals surface area contributed by atoms with Gasteiger partial charge in [0.1, 0.15) is 6.04 Å². The Morgan fingerprint density at radius 3 is 2.46 bits per heavy atom. The number of hydrogen-bond donors (Lipinski definition) is 1. The molecule has 0 spiro atoms. The molecule has 1 heterocycles. The first-order chi connectivity index (χ1) is 13.3. The van der Waals surface area contributed by atoms with E-state index in [2.05, 4.69) is 31.1 Å². The van der Waals surface area contributed by atoms with Crippen LogP contribution in [0.3, 0.4) is 0 Å². The van der Waals surface area contributed by atoms with E-state index in [-0.39, 0.29) is 11.3 Å². The second kappa shape index (κ2) is 6.90. The fraction of sp³-hybridized carbons (Fsp3) is 0.364. The first kappa shape index (κ1) is 19.0. The van der Waals surface area contributed by atoms with E-state index in [1.54, 1.807) is 18.2 Å². The van der Waals surface area contributed by atoms with Gasteiger partial charge in [-0.2, -0.15) is 0 Å². The van der Waals surface area contributed by atoms with Crippen molar-refractivity contribution in [2.24, 2.45) is 5.73 Å². The van der Waals surface area contributed by atoms with Crippen LogP contribution in [0.15, 0.2) is 42.5 Å². The first-order valence-electron chi connectivity index (χ1n) is 9.45. The molecule has 1 fully saturated rings. The topological polar surface area (TPSA) is 66.6 Å². The molecule has 0 radical (unpaired) electrons. The summed E-state index contributed by atoms with van der Waals surface area (Å²) in [7, 11) is 4.20. The highest BCUT2D eigenvalue weighted by molar-refractivity contribution is 6.31. The summed E-state index contributed by atoms with van der Waals surface area (Å²) in [4.78, 5) is 28.7. The molecule has 6 heteroatoms. The van der Waals surface area contributed by atoms with Crippen molar-refractivity contribution in [2.75, 3.05) is 20.6 Å². The highest BCUT2D eigenvalue weighted by Crippen LogP contribution is 2.48. The summed E-state index contributed by atoms with van der Waals surface area (Å²) in [5, 5.41) is 0.486. The van der Waals surface area contributed by atoms with Crippen molar-refractivity contribution < 1.29 is 9.59 Å². The Balaban J connectivity index is 1.57. The summed E-state index contributed by atoms with van der Waals surface area (Å²) in [6.07, 6.45) is 2.41. The first-order valence-corrected chi connectivity index (χ1v) is 9.82. The van der Waals surface area contributed by atoms with E-state index in [4.69, 9.17) is 17.3 Å². The van der Waals surface area contributed by atoms with Crippen LogP contribution < -0.4 is 5.73 Å². The number of likely N-dealkylation sites (N-methyl/N-ethyl adjacent to an activating group) is 1. The predicted molar refractivity (Wildman–Crippen MR) is 109 cm³/mol. The number of fused-ring (bicyclic) bond motifs is 1. The van der Waals surface area contributed by atoms with Crippen LogP contribution >= 0.6 is 11.6 Å². The van der Waals surface area contributed by atoms with Crippen LogP contribution in [0.5, 0.6) is 0 Å². The van der Waals surface area contributed by atoms with Crippen molar-refractivity contribution >= 4 is 23.4 Å². The number of primary amides is 1. The lowest BCUT2D eigenvalue weighted by atomic mass is 9.94. The van der Waals surface area contributed by atoms with Crippen molar-refractivity contribution in [1.82, 2.24) is 9.80 Å². The molecular formula is C22H24ClN3O2. The fourth-order valence-electron chi connectivity index (χ4n) is 4.32. The summed E-state index contributed by atoms with van der Waals surface area (Å²) in [5.74, 6) is -0.736. The summed E-state index contributed by atoms with van der Waals surface area (Å²) >= 11 is 6.07. The van der Waals surface area contributed by atoms with Crippen molar-refractivity contribution in [3.8, 4) is 0 Å². The van der Waals surface area contributed by atoms with Crippen molar-refractivity contribution in [3.63, 3.8) is 0 Å². The number of hydrogen-bond acceptors (Lipinski definition) is 3. The lowest BCUT2D eigenvalue weighted by Gasteiger charge is -2.24. The molecule has 2 aliphatic rings. The van der Waals surface area contributed by atoms with E-state index >= 15 is 0 Å². The summed E-state index contributed by atoms with van der Waals surface area (Å²) < 4.78 is 0. The van der Waals surface area contributed by atoms with Gasteiger partial charge in [-0.25, -0.2) is 0 Å². The van der Waals surface area contributed by atoms with Crippen LogP contribution in [0.25, 0.3) is 0 Å². The van der Waals surface area contributed by atoms with Crippen LogP contribution in [0.1, 0.15) is 45.9 Å². The Bertz CT molecular complexity index is 935. The number of benzene rings is 2. The molecule has 28 heavy (non-hydrogen) atoms. The Labute approximate surface area is 170 Å². The lowest BCUT2D eigenvalue weighted by molar-refractivity contribution is -0.122. The second-order valence-electron chi connectivity index (χ2n) is 8.18. The second-order valence-corrected chi connectivity index (χ2v) is 8.62. The minimum absolute atomic E-state index is 0.189. The zero-order valence-corrected chi connectivity index (χ0v) is 16.9. The molecular weight excluding hydrogens is 374 g/mol. The van der Waals surface area contributed by atoms with E-state index in [0.717, 1.165) is 12.1 Å². The smallest absolute Gasteiger partial charge is 0.255 e. The molecule has 1 atom stereocenters. The maximum atomic E-state index is 12.9. The predicted octanol–water partition coefficient (Wildman–Crippen LogP) is 3.12. The molecule has 1 aliphatic carbocycles. The van der Waals surface area contributed by atoms with E-state index in [9.17, 15) is 9.59 Å². The van der Waals surface area contributed by atoms with Gasteiger partial charge < -0.3 is 15.5 Å². The van der Waals surface area contributed by atoms with Gasteiger partial charge >= 0.3 is 0 Å². The number of halogens is 1. The van der Waals surface area contributed by atoms with Gasteiger partial charge in [0, 0.05) is 29.1 Å². The van der Waals surface area contributed by atoms with Gasteiger partial charge in [0.15, 0.2) is 0 Å². The van der Waals surface area contributed by atoms with Gasteiger partial charge in [-0.3, -0.25) is 9.59 Å². The van der Waals surface area contributed by atoms with E-state index in [1.807, 2.05) is 12.1 Å². The normalized spacial score (nSPS) is 19.8. The van der Waals surface area contributed by atoms with Crippen LogP contribution in [0, 0.1) is 0 Å². The molecule has 1 aliphatic heterocycles. The van der Waals surface area contributed by atoms with Gasteiger partial charge in [-0.05, 0) is 61.8 Å². The Kier molecular flexibility index (Phi) is 4.68. The highest BCUT2D eigenvalue weighted by Gasteiger charge is 2.44. The van der Waals surface area contributed by atoms with Crippen LogP contribution in [0.4, 0.5) is 0 Å². The fourth-order valence-corrected chi connectivity index (χ4v) is 4.50. The van der Waals surface area contributed by atoms with E-state index < -0.39 is 11.9 Å². The quantitative estimate of drug-likeness (QED) is 0.814. The SMILES string of the molecule is CN(C)CC1(c2ccc(CN3C(=O)c4ccc(Cl)cc4C3C(N)=O)cc2)CC1. The van der Waals surface area contributed by atoms with Crippen molar-refractivity contribution in [3.05, 3.63) is 69.7 Å². The number of carbonyl (C=O) groups is 2. The summed E-state index contributed by atoms with van der Waals surface area (Å²) in [6, 6.07) is 12.6. The van der Waals surface area contributed by atoms with E-state index in [1.165, 1.54) is 23.3 Å². The van der Waals surface area contributed by atoms with Crippen LogP contribution in [0.2, 0.25) is 5.02 Å². The number of nitrogens with zero attached hydrogens (tertiary/aromatic N) is 2. The number of amides is 2. The van der Waals surface area contributed by atoms with Gasteiger partial charge in [-0.1, -0.05) is 35.9 Å². The largest absolute Gasteiger partial charge is 0.368 e. The average Bonchev–Trinajstić information content (AvgIpc) is 3.35. The maximum absolute atomic E-state index is 12.9. The molecule has 2 aromatic rings. The van der Waals surface area contributed by atoms with Gasteiger partial charge in [0.2, 0.25) is 5.91 Å². The van der Waals surface area contributed by atoms with Gasteiger partial charge in [-0.15, -0.1) is 0 Å². The molecule has 4 rings (SSSR count). The highest BCUT2D eigenvalue weighted by atomic mass is 35.5. The molecule has 0 bridgehead atoms. The average molecular weight is 398 g/mol. The van der Waals surface area contributed by atoms with Gasteiger partial charge in [0.05, 0.1) is 0 Å². The zero-order chi connectivity index (χ0) is 20.1. The monoisotopic (exact) mass is 397 g/mol. The molecule has 2 N–H and O–H groups in total. The molecule has 1 unspecified atom stereocenters. The maximum Gasteiger partial charge on any atom is 0.255 e. The third kappa shape index (κ3) is 3.29. The molecule has 2 amide bonds. The van der Waals surface area contributed by atoms with Crippen molar-refractivity contribution in [1.29, 1.82) is 0 Å². The third-order valence-corrected chi connectivity index (χ3v) is 6.01. The minimum atomic E-state index is -0.788. The molecule has 146 valence electrons. The number of carbonyl (C=O) groups excluding carboxylic acids is 2. The Hall–Kier alpha value is -2.37. The molecule has 2 aromatic carbocycles. The zero-order valence-electron chi connectivity index (χ0n) is 16.1. The Morgan fingerprint density at radius 2 is 1.89 bits per heavy atom. The minimum Gasteiger partial charge on any atom is -0.368 e. The standard InChI is InChI=1S/C22H24ClN3O2/c1-25(2)13-22(9-10-22)15-5-3-14(4-6-15)12-26-19(20(24)27)18-11-16(23)7-8-17(18)21(26)28/h3-8,11,19H,9-10,12-13H2,1-2H3,(H2,24,27). The lowest BCUT2D eigenvalue weighted by Crippen LogP contribution is -2.35. The van der Waals surface area contributed by atoms with Crippen LogP contribution in [-0.4, -0.2) is 42.3 Å². The number of nitrogens with two attached hydrogens (primary N) is 1. The summed E-state index contributed by atoms with van der Waals surface area (Å²) in [6.45, 7) is 1.37. The summed E-state index contributed by atoms with van der Waals surface area (Å²) in [5.41, 5.74) is 9.27. The van der Waals surface area contributed by atoms with Crippen molar-refractivity contribution in [2.45, 2.75) is 30.8 Å². The molecule has 5 nitrogen and oxygen atoms in total. The molecule has 0 saturated heterocycles. The van der Waals surface area contributed by atoms with Crippen LogP contribution in [-0.2, 0) is 16.8 Å². The van der Waals surface area contributed by atoms with E-state index in [0.29, 0.717) is 22.7 Å². The third-order valence-electron chi connectivity index (χ3n) is 5.77. The molecule has 0 aromatic heterocycles. The van der Waals surface area contributed by atoms with Gasteiger partial charge in [0.25, 0.3) is 5.91 Å². The number of rotatable bonds is 6.